The van der Waals surface area contributed by atoms with E-state index in [9.17, 15) is 9.18 Å². The van der Waals surface area contributed by atoms with Gasteiger partial charge in [0.15, 0.2) is 0 Å². The highest BCUT2D eigenvalue weighted by molar-refractivity contribution is 9.10. The van der Waals surface area contributed by atoms with Crippen LogP contribution in [0.3, 0.4) is 0 Å². The second-order valence-electron chi connectivity index (χ2n) is 3.69. The van der Waals surface area contributed by atoms with Gasteiger partial charge in [-0.3, -0.25) is 0 Å². The van der Waals surface area contributed by atoms with Crippen molar-refractivity contribution in [3.63, 3.8) is 0 Å². The first-order valence-corrected chi connectivity index (χ1v) is 4.73. The van der Waals surface area contributed by atoms with Crippen LogP contribution < -0.4 is 0 Å². The predicted molar refractivity (Wildman–Crippen MR) is 51.5 cm³/mol. The van der Waals surface area contributed by atoms with E-state index in [0.29, 0.717) is 0 Å². The van der Waals surface area contributed by atoms with Crippen molar-refractivity contribution in [3.8, 4) is 0 Å². The fourth-order valence-corrected chi connectivity index (χ4v) is 1.01. The summed E-state index contributed by atoms with van der Waals surface area (Å²) in [7, 11) is 0. The summed E-state index contributed by atoms with van der Waals surface area (Å²) >= 11 is 2.90. The van der Waals surface area contributed by atoms with Crippen LogP contribution in [0.4, 0.5) is 9.18 Å². The minimum absolute atomic E-state index is 0.128. The average Bonchev–Trinajstić information content (AvgIpc) is 2.28. The van der Waals surface area contributed by atoms with E-state index < -0.39 is 17.6 Å². The van der Waals surface area contributed by atoms with E-state index in [1.165, 1.54) is 6.20 Å². The van der Waals surface area contributed by atoms with Crippen LogP contribution in [0.1, 0.15) is 20.8 Å². The Morgan fingerprint density at radius 3 is 2.57 bits per heavy atom. The molecule has 0 bridgehead atoms. The topological polar surface area (TPSA) is 44.1 Å². The van der Waals surface area contributed by atoms with Gasteiger partial charge < -0.3 is 4.74 Å². The third-order valence-corrected chi connectivity index (χ3v) is 1.74. The minimum atomic E-state index is -0.740. The Morgan fingerprint density at radius 2 is 2.21 bits per heavy atom. The molecule has 78 valence electrons. The summed E-state index contributed by atoms with van der Waals surface area (Å²) in [6, 6.07) is 0. The molecule has 1 aromatic heterocycles. The first-order chi connectivity index (χ1) is 6.29. The fourth-order valence-electron chi connectivity index (χ4n) is 0.734. The van der Waals surface area contributed by atoms with Crippen LogP contribution in [0, 0.1) is 5.95 Å². The Hall–Kier alpha value is -0.910. The van der Waals surface area contributed by atoms with Crippen molar-refractivity contribution in [2.45, 2.75) is 26.4 Å². The van der Waals surface area contributed by atoms with Crippen molar-refractivity contribution in [2.75, 3.05) is 0 Å². The molecule has 0 aromatic carbocycles. The Labute approximate surface area is 89.2 Å². The number of aromatic nitrogens is 2. The predicted octanol–water partition coefficient (Wildman–Crippen LogP) is 2.57. The number of carbonyl (C=O) groups excluding carboxylic acids is 1. The van der Waals surface area contributed by atoms with E-state index in [0.717, 1.165) is 4.68 Å². The quantitative estimate of drug-likeness (QED) is 0.724. The highest BCUT2D eigenvalue weighted by atomic mass is 79.9. The van der Waals surface area contributed by atoms with Crippen molar-refractivity contribution in [1.82, 2.24) is 9.78 Å². The summed E-state index contributed by atoms with van der Waals surface area (Å²) in [6.07, 6.45) is 0.505. The van der Waals surface area contributed by atoms with Gasteiger partial charge in [-0.15, -0.1) is 5.10 Å². The normalized spacial score (nSPS) is 11.5. The van der Waals surface area contributed by atoms with Gasteiger partial charge in [0.05, 0.1) is 10.7 Å². The van der Waals surface area contributed by atoms with Crippen molar-refractivity contribution in [2.24, 2.45) is 0 Å². The summed E-state index contributed by atoms with van der Waals surface area (Å²) in [6.45, 7) is 5.17. The molecule has 0 saturated carbocycles. The number of carbonyl (C=O) groups is 1. The molecule has 4 nitrogen and oxygen atoms in total. The molecule has 1 aromatic rings. The lowest BCUT2D eigenvalue weighted by Gasteiger charge is -2.18. The minimum Gasteiger partial charge on any atom is -0.442 e. The zero-order chi connectivity index (χ0) is 10.9. The van der Waals surface area contributed by atoms with Crippen LogP contribution in [-0.4, -0.2) is 21.5 Å². The lowest BCUT2D eigenvalue weighted by Crippen LogP contribution is -2.27. The molecule has 0 aliphatic rings. The Balaban J connectivity index is 2.80. The Morgan fingerprint density at radius 1 is 1.64 bits per heavy atom. The number of nitrogens with zero attached hydrogens (tertiary/aromatic N) is 2. The third kappa shape index (κ3) is 2.80. The van der Waals surface area contributed by atoms with Crippen molar-refractivity contribution in [3.05, 3.63) is 16.6 Å². The summed E-state index contributed by atoms with van der Waals surface area (Å²) in [4.78, 5) is 11.3. The molecule has 0 aliphatic carbocycles. The van der Waals surface area contributed by atoms with Crippen LogP contribution in [0.2, 0.25) is 0 Å². The smallest absolute Gasteiger partial charge is 0.435 e. The Kier molecular flexibility index (Phi) is 2.94. The molecule has 6 heteroatoms. The molecule has 0 radical (unpaired) electrons. The molecule has 0 atom stereocenters. The molecule has 0 saturated heterocycles. The van der Waals surface area contributed by atoms with Gasteiger partial charge in [-0.25, -0.2) is 4.79 Å². The average molecular weight is 265 g/mol. The maximum absolute atomic E-state index is 12.7. The van der Waals surface area contributed by atoms with E-state index in [1.54, 1.807) is 20.8 Å². The summed E-state index contributed by atoms with van der Waals surface area (Å²) in [5.41, 5.74) is -0.619. The van der Waals surface area contributed by atoms with E-state index in [1.807, 2.05) is 0 Å². The molecule has 0 spiro atoms. The summed E-state index contributed by atoms with van der Waals surface area (Å²) in [5.74, 6) is -0.740. The molecular weight excluding hydrogens is 255 g/mol. The van der Waals surface area contributed by atoms with Crippen LogP contribution in [0.25, 0.3) is 0 Å². The van der Waals surface area contributed by atoms with Gasteiger partial charge >= 0.3 is 6.09 Å². The van der Waals surface area contributed by atoms with E-state index in [2.05, 4.69) is 21.0 Å². The van der Waals surface area contributed by atoms with Crippen molar-refractivity contribution >= 4 is 22.0 Å². The molecule has 14 heavy (non-hydrogen) atoms. The van der Waals surface area contributed by atoms with Crippen LogP contribution in [0.5, 0.6) is 0 Å². The van der Waals surface area contributed by atoms with Gasteiger partial charge in [0.2, 0.25) is 5.95 Å². The summed E-state index contributed by atoms with van der Waals surface area (Å²) < 4.78 is 18.7. The lowest BCUT2D eigenvalue weighted by molar-refractivity contribution is 0.0511. The molecule has 0 aliphatic heterocycles. The molecule has 1 rings (SSSR count). The highest BCUT2D eigenvalue weighted by Crippen LogP contribution is 2.14. The van der Waals surface area contributed by atoms with Gasteiger partial charge in [0, 0.05) is 0 Å². The number of ether oxygens (including phenoxy) is 1. The number of hydrogen-bond donors (Lipinski definition) is 0. The number of hydrogen-bond acceptors (Lipinski definition) is 3. The van der Waals surface area contributed by atoms with Crippen LogP contribution in [-0.2, 0) is 4.74 Å². The second-order valence-corrected chi connectivity index (χ2v) is 4.55. The molecule has 1 heterocycles. The van der Waals surface area contributed by atoms with Gasteiger partial charge in [0.25, 0.3) is 0 Å². The largest absolute Gasteiger partial charge is 0.442 e. The monoisotopic (exact) mass is 264 g/mol. The van der Waals surface area contributed by atoms with Gasteiger partial charge in [0.1, 0.15) is 5.60 Å². The van der Waals surface area contributed by atoms with E-state index >= 15 is 0 Å². The maximum atomic E-state index is 12.7. The molecule has 0 amide bonds. The Bertz CT molecular complexity index is 337. The second kappa shape index (κ2) is 3.68. The van der Waals surface area contributed by atoms with E-state index in [4.69, 9.17) is 4.74 Å². The van der Waals surface area contributed by atoms with Gasteiger partial charge in [-0.05, 0) is 36.7 Å². The molecule has 0 N–H and O–H groups in total. The standard InChI is InChI=1S/C8H10BrFN2O2/c1-8(2,3)14-7(13)12-4-5(9)6(10)11-12/h4H,1-3H3. The number of halogens is 2. The number of rotatable bonds is 0. The first-order valence-electron chi connectivity index (χ1n) is 3.93. The first kappa shape index (κ1) is 11.2. The van der Waals surface area contributed by atoms with Gasteiger partial charge in [-0.1, -0.05) is 0 Å². The van der Waals surface area contributed by atoms with Crippen LogP contribution >= 0.6 is 15.9 Å². The third-order valence-electron chi connectivity index (χ3n) is 1.21. The molecule has 0 fully saturated rings. The summed E-state index contributed by atoms with van der Waals surface area (Å²) in [5, 5.41) is 3.32. The maximum Gasteiger partial charge on any atom is 0.435 e. The van der Waals surface area contributed by atoms with E-state index in [-0.39, 0.29) is 4.47 Å². The van der Waals surface area contributed by atoms with Gasteiger partial charge in [-0.2, -0.15) is 9.07 Å². The van der Waals surface area contributed by atoms with Crippen molar-refractivity contribution < 1.29 is 13.9 Å². The lowest BCUT2D eigenvalue weighted by atomic mass is 10.2. The van der Waals surface area contributed by atoms with Crippen molar-refractivity contribution in [1.29, 1.82) is 0 Å². The highest BCUT2D eigenvalue weighted by Gasteiger charge is 2.19. The molecule has 0 unspecified atom stereocenters. The SMILES string of the molecule is CC(C)(C)OC(=O)n1cc(Br)c(F)n1. The van der Waals surface area contributed by atoms with Crippen LogP contribution in [0.15, 0.2) is 10.7 Å². The fraction of sp³-hybridized carbons (Fsp3) is 0.500. The zero-order valence-corrected chi connectivity index (χ0v) is 9.63. The molecular formula is C8H10BrFN2O2. The zero-order valence-electron chi connectivity index (χ0n) is 8.04.